The average Bonchev–Trinajstić information content (AvgIpc) is 3.61. The van der Waals surface area contributed by atoms with Crippen molar-refractivity contribution in [3.05, 3.63) is 76.3 Å². The molecule has 4 aromatic rings. The van der Waals surface area contributed by atoms with Crippen molar-refractivity contribution in [3.63, 3.8) is 0 Å². The molecule has 2 aromatic carbocycles. The molecule has 5 rings (SSSR count). The van der Waals surface area contributed by atoms with Crippen LogP contribution in [0.15, 0.2) is 59.5 Å². The van der Waals surface area contributed by atoms with E-state index in [9.17, 15) is 4.79 Å². The summed E-state index contributed by atoms with van der Waals surface area (Å²) in [6.07, 6.45) is 4.27. The number of aromatic nitrogens is 4. The molecule has 2 aromatic heterocycles. The van der Waals surface area contributed by atoms with Crippen molar-refractivity contribution in [2.45, 2.75) is 39.2 Å². The van der Waals surface area contributed by atoms with Crippen LogP contribution in [-0.4, -0.2) is 25.7 Å². The molecule has 1 saturated carbocycles. The maximum Gasteiger partial charge on any atom is 0.330 e. The highest BCUT2D eigenvalue weighted by atomic mass is 16.5. The minimum atomic E-state index is -0.104. The van der Waals surface area contributed by atoms with Gasteiger partial charge in [0.1, 0.15) is 11.3 Å². The molecule has 6 nitrogen and oxygen atoms in total. The monoisotopic (exact) mass is 428 g/mol. The van der Waals surface area contributed by atoms with Gasteiger partial charge in [0.2, 0.25) is 0 Å². The van der Waals surface area contributed by atoms with E-state index in [0.717, 1.165) is 29.0 Å². The fourth-order valence-corrected chi connectivity index (χ4v) is 4.07. The van der Waals surface area contributed by atoms with Crippen LogP contribution in [0, 0.1) is 5.92 Å². The maximum atomic E-state index is 13.1. The highest BCUT2D eigenvalue weighted by molar-refractivity contribution is 5.74. The van der Waals surface area contributed by atoms with Crippen LogP contribution < -0.4 is 10.4 Å². The molecule has 32 heavy (non-hydrogen) atoms. The van der Waals surface area contributed by atoms with Gasteiger partial charge < -0.3 is 4.74 Å². The first-order chi connectivity index (χ1) is 15.5. The number of nitrogens with zero attached hydrogens (tertiary/aromatic N) is 4. The molecule has 1 fully saturated rings. The summed E-state index contributed by atoms with van der Waals surface area (Å²) in [6, 6.07) is 16.2. The Morgan fingerprint density at radius 1 is 1.12 bits per heavy atom. The van der Waals surface area contributed by atoms with Crippen LogP contribution in [0.4, 0.5) is 0 Å². The Morgan fingerprint density at radius 3 is 2.72 bits per heavy atom. The molecule has 0 N–H and O–H groups in total. The molecule has 1 aliphatic carbocycles. The number of hydrogen-bond acceptors (Lipinski definition) is 4. The molecule has 2 heterocycles. The second kappa shape index (κ2) is 8.26. The van der Waals surface area contributed by atoms with Crippen LogP contribution >= 0.6 is 0 Å². The summed E-state index contributed by atoms with van der Waals surface area (Å²) in [5.41, 5.74) is 4.47. The van der Waals surface area contributed by atoms with Gasteiger partial charge >= 0.3 is 5.69 Å². The van der Waals surface area contributed by atoms with E-state index in [0.29, 0.717) is 29.9 Å². The van der Waals surface area contributed by atoms with E-state index in [-0.39, 0.29) is 5.69 Å². The summed E-state index contributed by atoms with van der Waals surface area (Å²) in [5, 5.41) is 0. The van der Waals surface area contributed by atoms with Gasteiger partial charge in [-0.2, -0.15) is 0 Å². The normalized spacial score (nSPS) is 13.8. The van der Waals surface area contributed by atoms with Crippen molar-refractivity contribution in [1.82, 2.24) is 19.1 Å². The molecule has 0 spiro atoms. The minimum Gasteiger partial charge on any atom is -0.493 e. The molecule has 1 aliphatic rings. The molecule has 0 unspecified atom stereocenters. The lowest BCUT2D eigenvalue weighted by Crippen LogP contribution is -2.22. The van der Waals surface area contributed by atoms with Crippen LogP contribution in [0.1, 0.15) is 43.7 Å². The Kier molecular flexibility index (Phi) is 5.29. The predicted molar refractivity (Wildman–Crippen MR) is 126 cm³/mol. The molecule has 0 amide bonds. The third-order valence-corrected chi connectivity index (χ3v) is 6.13. The number of imidazole rings is 1. The summed E-state index contributed by atoms with van der Waals surface area (Å²) >= 11 is 0. The number of rotatable bonds is 7. The molecule has 0 bridgehead atoms. The Labute approximate surface area is 187 Å². The van der Waals surface area contributed by atoms with E-state index in [1.807, 2.05) is 42.5 Å². The highest BCUT2D eigenvalue weighted by Crippen LogP contribution is 2.30. The van der Waals surface area contributed by atoms with Gasteiger partial charge in [-0.25, -0.2) is 14.8 Å². The van der Waals surface area contributed by atoms with Gasteiger partial charge in [0.05, 0.1) is 19.3 Å². The summed E-state index contributed by atoms with van der Waals surface area (Å²) in [5.74, 6) is 2.54. The molecule has 0 atom stereocenters. The molecule has 164 valence electrons. The lowest BCUT2D eigenvalue weighted by atomic mass is 9.97. The average molecular weight is 429 g/mol. The number of fused-ring (bicyclic) bond motifs is 1. The molecular formula is C26H28N4O2. The Balaban J connectivity index is 1.54. The zero-order valence-corrected chi connectivity index (χ0v) is 18.8. The zero-order valence-electron chi connectivity index (χ0n) is 18.8. The third-order valence-electron chi connectivity index (χ3n) is 6.13. The van der Waals surface area contributed by atoms with Crippen LogP contribution in [0.2, 0.25) is 0 Å². The van der Waals surface area contributed by atoms with Crippen molar-refractivity contribution in [2.24, 2.45) is 13.0 Å². The van der Waals surface area contributed by atoms with Crippen molar-refractivity contribution in [2.75, 3.05) is 6.61 Å². The maximum absolute atomic E-state index is 13.1. The molecule has 0 saturated heterocycles. The highest BCUT2D eigenvalue weighted by Gasteiger charge is 2.22. The predicted octanol–water partition coefficient (Wildman–Crippen LogP) is 4.76. The first kappa shape index (κ1) is 20.5. The van der Waals surface area contributed by atoms with Crippen LogP contribution in [0.5, 0.6) is 5.75 Å². The van der Waals surface area contributed by atoms with Gasteiger partial charge in [-0.05, 0) is 47.9 Å². The van der Waals surface area contributed by atoms with Crippen LogP contribution in [0.25, 0.3) is 22.6 Å². The molecular weight excluding hydrogens is 400 g/mol. The Hall–Kier alpha value is -3.41. The third kappa shape index (κ3) is 3.93. The van der Waals surface area contributed by atoms with E-state index in [1.165, 1.54) is 18.4 Å². The van der Waals surface area contributed by atoms with Gasteiger partial charge in [0.15, 0.2) is 11.5 Å². The van der Waals surface area contributed by atoms with E-state index in [4.69, 9.17) is 9.72 Å². The summed E-state index contributed by atoms with van der Waals surface area (Å²) in [7, 11) is 1.77. The number of aryl methyl sites for hydroxylation is 1. The second-order valence-electron chi connectivity index (χ2n) is 8.97. The van der Waals surface area contributed by atoms with E-state index < -0.39 is 0 Å². The van der Waals surface area contributed by atoms with Crippen molar-refractivity contribution in [1.29, 1.82) is 0 Å². The van der Waals surface area contributed by atoms with Gasteiger partial charge in [0.25, 0.3) is 0 Å². The lowest BCUT2D eigenvalue weighted by Gasteiger charge is -2.12. The first-order valence-electron chi connectivity index (χ1n) is 11.2. The smallest absolute Gasteiger partial charge is 0.330 e. The largest absolute Gasteiger partial charge is 0.493 e. The van der Waals surface area contributed by atoms with Crippen molar-refractivity contribution >= 4 is 11.2 Å². The topological polar surface area (TPSA) is 61.9 Å². The quantitative estimate of drug-likeness (QED) is 0.426. The SMILES string of the molecule is CC(C)c1ccccc1-c1ncc2c(n1)n(Cc1cccc(OCC3CC3)c1)c(=O)n2C. The van der Waals surface area contributed by atoms with Crippen molar-refractivity contribution in [3.8, 4) is 17.1 Å². The van der Waals surface area contributed by atoms with Crippen LogP contribution in [-0.2, 0) is 13.6 Å². The van der Waals surface area contributed by atoms with Gasteiger partial charge in [-0.3, -0.25) is 9.13 Å². The second-order valence-corrected chi connectivity index (χ2v) is 8.97. The van der Waals surface area contributed by atoms with Gasteiger partial charge in [0, 0.05) is 12.6 Å². The van der Waals surface area contributed by atoms with Crippen molar-refractivity contribution < 1.29 is 4.74 Å². The van der Waals surface area contributed by atoms with E-state index in [2.05, 4.69) is 24.9 Å². The number of ether oxygens (including phenoxy) is 1. The lowest BCUT2D eigenvalue weighted by molar-refractivity contribution is 0.299. The first-order valence-corrected chi connectivity index (χ1v) is 11.2. The zero-order chi connectivity index (χ0) is 22.2. The Bertz CT molecular complexity index is 1330. The molecule has 6 heteroatoms. The molecule has 0 radical (unpaired) electrons. The summed E-state index contributed by atoms with van der Waals surface area (Å²) < 4.78 is 9.26. The number of hydrogen-bond donors (Lipinski definition) is 0. The fraction of sp³-hybridized carbons (Fsp3) is 0.346. The van der Waals surface area contributed by atoms with Gasteiger partial charge in [-0.15, -0.1) is 0 Å². The van der Waals surface area contributed by atoms with Crippen LogP contribution in [0.3, 0.4) is 0 Å². The van der Waals surface area contributed by atoms with Gasteiger partial charge in [-0.1, -0.05) is 50.2 Å². The summed E-state index contributed by atoms with van der Waals surface area (Å²) in [4.78, 5) is 22.5. The van der Waals surface area contributed by atoms with E-state index in [1.54, 1.807) is 22.4 Å². The van der Waals surface area contributed by atoms with E-state index >= 15 is 0 Å². The standard InChI is InChI=1S/C26H28N4O2/c1-17(2)21-9-4-5-10-22(21)24-27-14-23-25(28-24)30(26(31)29(23)3)15-19-7-6-8-20(13-19)32-16-18-11-12-18/h4-10,13-14,17-18H,11-12,15-16H2,1-3H3. The Morgan fingerprint density at radius 2 is 1.94 bits per heavy atom. The number of benzene rings is 2. The minimum absolute atomic E-state index is 0.104. The fourth-order valence-electron chi connectivity index (χ4n) is 4.07. The summed E-state index contributed by atoms with van der Waals surface area (Å²) in [6.45, 7) is 5.52. The molecule has 0 aliphatic heterocycles.